The van der Waals surface area contributed by atoms with Gasteiger partial charge in [0.1, 0.15) is 11.6 Å². The lowest BCUT2D eigenvalue weighted by molar-refractivity contribution is -0.117. The predicted octanol–water partition coefficient (Wildman–Crippen LogP) is 7.49. The van der Waals surface area contributed by atoms with Crippen LogP contribution in [-0.2, 0) is 17.8 Å². The van der Waals surface area contributed by atoms with E-state index in [4.69, 9.17) is 9.72 Å². The van der Waals surface area contributed by atoms with Crippen molar-refractivity contribution < 1.29 is 9.53 Å². The van der Waals surface area contributed by atoms with E-state index in [1.54, 1.807) is 0 Å². The van der Waals surface area contributed by atoms with Crippen LogP contribution in [0.5, 0.6) is 5.75 Å². The summed E-state index contributed by atoms with van der Waals surface area (Å²) in [6.45, 7) is 8.84. The number of aryl methyl sites for hydroxylation is 2. The molecule has 1 amide bonds. The smallest absolute Gasteiger partial charge is 0.227 e. The molecule has 1 aliphatic rings. The van der Waals surface area contributed by atoms with Crippen LogP contribution < -0.4 is 9.64 Å². The van der Waals surface area contributed by atoms with Crippen molar-refractivity contribution in [2.75, 3.05) is 18.1 Å². The third-order valence-corrected chi connectivity index (χ3v) is 7.94. The number of hydrogen-bond acceptors (Lipinski definition) is 3. The van der Waals surface area contributed by atoms with Crippen molar-refractivity contribution in [2.24, 2.45) is 0 Å². The standard InChI is InChI=1S/C33H39N3O2/c1-4-24(3)26-16-18-28(19-17-26)38-21-11-10-20-35-31-15-9-7-13-29(31)34-33(35)27-22-32(37)36(23-27)30-14-8-6-12-25(30)5-2/h6-9,12-19,24,27H,4-5,10-11,20-23H2,1-3H3. The van der Waals surface area contributed by atoms with E-state index >= 15 is 0 Å². The first-order valence-electron chi connectivity index (χ1n) is 14.1. The van der Waals surface area contributed by atoms with E-state index in [9.17, 15) is 4.79 Å². The van der Waals surface area contributed by atoms with Crippen LogP contribution in [0.15, 0.2) is 72.8 Å². The highest BCUT2D eigenvalue weighted by Gasteiger charge is 2.35. The number of fused-ring (bicyclic) bond motifs is 1. The average molecular weight is 510 g/mol. The van der Waals surface area contributed by atoms with Crippen LogP contribution in [0.25, 0.3) is 11.0 Å². The second-order valence-electron chi connectivity index (χ2n) is 10.4. The van der Waals surface area contributed by atoms with Gasteiger partial charge in [0.05, 0.1) is 17.6 Å². The quantitative estimate of drug-likeness (QED) is 0.197. The number of imidazole rings is 1. The number of carbonyl (C=O) groups excluding carboxylic acids is 1. The number of hydrogen-bond donors (Lipinski definition) is 0. The fraction of sp³-hybridized carbons (Fsp3) is 0.394. The summed E-state index contributed by atoms with van der Waals surface area (Å²) in [6.07, 6.45) is 4.49. The molecular weight excluding hydrogens is 470 g/mol. The third kappa shape index (κ3) is 5.47. The SMILES string of the molecule is CCc1ccccc1N1CC(c2nc3ccccc3n2CCCCOc2ccc(C(C)CC)cc2)CC1=O. The van der Waals surface area contributed by atoms with Crippen LogP contribution in [-0.4, -0.2) is 28.6 Å². The number of nitrogens with zero attached hydrogens (tertiary/aromatic N) is 3. The van der Waals surface area contributed by atoms with Crippen molar-refractivity contribution >= 4 is 22.6 Å². The average Bonchev–Trinajstić information content (AvgIpc) is 3.53. The second-order valence-corrected chi connectivity index (χ2v) is 10.4. The maximum Gasteiger partial charge on any atom is 0.227 e. The maximum atomic E-state index is 13.1. The van der Waals surface area contributed by atoms with Crippen molar-refractivity contribution in [1.29, 1.82) is 0 Å². The summed E-state index contributed by atoms with van der Waals surface area (Å²) in [5.74, 6) is 2.80. The lowest BCUT2D eigenvalue weighted by atomic mass is 9.99. The van der Waals surface area contributed by atoms with Gasteiger partial charge in [-0.3, -0.25) is 4.79 Å². The Morgan fingerprint density at radius 1 is 0.974 bits per heavy atom. The van der Waals surface area contributed by atoms with E-state index in [1.165, 1.54) is 11.1 Å². The first-order valence-corrected chi connectivity index (χ1v) is 14.1. The number of benzene rings is 3. The summed E-state index contributed by atoms with van der Waals surface area (Å²) in [6, 6.07) is 25.1. The van der Waals surface area contributed by atoms with Gasteiger partial charge in [-0.25, -0.2) is 4.98 Å². The molecule has 0 spiro atoms. The molecule has 3 aromatic carbocycles. The molecule has 0 bridgehead atoms. The highest BCUT2D eigenvalue weighted by molar-refractivity contribution is 5.97. The fourth-order valence-corrected chi connectivity index (χ4v) is 5.52. The Bertz CT molecular complexity index is 1370. The minimum Gasteiger partial charge on any atom is -0.494 e. The molecule has 5 rings (SSSR count). The van der Waals surface area contributed by atoms with Crippen LogP contribution in [0.4, 0.5) is 5.69 Å². The van der Waals surface area contributed by atoms with Gasteiger partial charge >= 0.3 is 0 Å². The van der Waals surface area contributed by atoms with Gasteiger partial charge in [0.2, 0.25) is 5.91 Å². The van der Waals surface area contributed by atoms with E-state index in [2.05, 4.69) is 79.9 Å². The van der Waals surface area contributed by atoms with Gasteiger partial charge in [-0.05, 0) is 73.1 Å². The number of anilines is 1. The molecule has 198 valence electrons. The van der Waals surface area contributed by atoms with Crippen molar-refractivity contribution in [3.63, 3.8) is 0 Å². The molecule has 4 aromatic rings. The molecular formula is C33H39N3O2. The number of rotatable bonds is 11. The Labute approximate surface area is 226 Å². The first kappa shape index (κ1) is 26.0. The Hall–Kier alpha value is -3.60. The number of amides is 1. The van der Waals surface area contributed by atoms with Gasteiger partial charge < -0.3 is 14.2 Å². The Morgan fingerprint density at radius 3 is 2.53 bits per heavy atom. The molecule has 38 heavy (non-hydrogen) atoms. The highest BCUT2D eigenvalue weighted by Crippen LogP contribution is 2.35. The van der Waals surface area contributed by atoms with E-state index in [0.717, 1.165) is 60.5 Å². The van der Waals surface area contributed by atoms with Crippen LogP contribution in [0.2, 0.25) is 0 Å². The minimum absolute atomic E-state index is 0.0834. The summed E-state index contributed by atoms with van der Waals surface area (Å²) in [4.78, 5) is 20.1. The van der Waals surface area contributed by atoms with E-state index in [-0.39, 0.29) is 11.8 Å². The van der Waals surface area contributed by atoms with Crippen molar-refractivity contribution in [3.05, 3.63) is 89.7 Å². The minimum atomic E-state index is 0.0834. The van der Waals surface area contributed by atoms with E-state index < -0.39 is 0 Å². The molecule has 2 heterocycles. The summed E-state index contributed by atoms with van der Waals surface area (Å²) >= 11 is 0. The van der Waals surface area contributed by atoms with Crippen molar-refractivity contribution in [1.82, 2.24) is 9.55 Å². The zero-order valence-electron chi connectivity index (χ0n) is 22.9. The molecule has 2 unspecified atom stereocenters. The third-order valence-electron chi connectivity index (χ3n) is 7.94. The molecule has 0 radical (unpaired) electrons. The van der Waals surface area contributed by atoms with E-state index in [1.807, 2.05) is 23.1 Å². The van der Waals surface area contributed by atoms with Gasteiger partial charge in [0, 0.05) is 31.1 Å². The van der Waals surface area contributed by atoms with Gasteiger partial charge in [-0.2, -0.15) is 0 Å². The zero-order chi connectivity index (χ0) is 26.5. The van der Waals surface area contributed by atoms with Gasteiger partial charge in [0.15, 0.2) is 0 Å². The van der Waals surface area contributed by atoms with Crippen molar-refractivity contribution in [3.8, 4) is 5.75 Å². The topological polar surface area (TPSA) is 47.4 Å². The molecule has 1 fully saturated rings. The van der Waals surface area contributed by atoms with Crippen LogP contribution in [0, 0.1) is 0 Å². The Kier molecular flexibility index (Phi) is 8.11. The Morgan fingerprint density at radius 2 is 1.74 bits per heavy atom. The molecule has 5 nitrogen and oxygen atoms in total. The summed E-state index contributed by atoms with van der Waals surface area (Å²) in [7, 11) is 0. The molecule has 1 saturated heterocycles. The molecule has 5 heteroatoms. The summed E-state index contributed by atoms with van der Waals surface area (Å²) in [5, 5.41) is 0. The highest BCUT2D eigenvalue weighted by atomic mass is 16.5. The number of unbranched alkanes of at least 4 members (excludes halogenated alkanes) is 1. The number of para-hydroxylation sites is 3. The molecule has 0 N–H and O–H groups in total. The number of carbonyl (C=O) groups is 1. The molecule has 1 aromatic heterocycles. The Balaban J connectivity index is 1.25. The van der Waals surface area contributed by atoms with Gasteiger partial charge in [-0.15, -0.1) is 0 Å². The second kappa shape index (κ2) is 11.8. The fourth-order valence-electron chi connectivity index (χ4n) is 5.52. The van der Waals surface area contributed by atoms with E-state index in [0.29, 0.717) is 25.5 Å². The number of ether oxygens (including phenoxy) is 1. The van der Waals surface area contributed by atoms with Gasteiger partial charge in [0.25, 0.3) is 0 Å². The summed E-state index contributed by atoms with van der Waals surface area (Å²) in [5.41, 5.74) is 5.76. The predicted molar refractivity (Wildman–Crippen MR) is 155 cm³/mol. The molecule has 1 aliphatic heterocycles. The zero-order valence-corrected chi connectivity index (χ0v) is 22.9. The summed E-state index contributed by atoms with van der Waals surface area (Å²) < 4.78 is 8.37. The lowest BCUT2D eigenvalue weighted by Crippen LogP contribution is -2.25. The normalized spacial score (nSPS) is 16.3. The maximum absolute atomic E-state index is 13.1. The molecule has 0 saturated carbocycles. The monoisotopic (exact) mass is 509 g/mol. The first-order chi connectivity index (χ1) is 18.6. The lowest BCUT2D eigenvalue weighted by Gasteiger charge is -2.20. The van der Waals surface area contributed by atoms with Gasteiger partial charge in [-0.1, -0.05) is 63.2 Å². The van der Waals surface area contributed by atoms with Crippen LogP contribution >= 0.6 is 0 Å². The van der Waals surface area contributed by atoms with Crippen LogP contribution in [0.1, 0.15) is 75.2 Å². The molecule has 0 aliphatic carbocycles. The largest absolute Gasteiger partial charge is 0.494 e. The molecule has 2 atom stereocenters. The van der Waals surface area contributed by atoms with Crippen LogP contribution in [0.3, 0.4) is 0 Å². The van der Waals surface area contributed by atoms with Crippen molar-refractivity contribution in [2.45, 2.75) is 71.3 Å². The number of aromatic nitrogens is 2.